The zero-order chi connectivity index (χ0) is 20.6. The van der Waals surface area contributed by atoms with Crippen molar-refractivity contribution >= 4 is 17.4 Å². The van der Waals surface area contributed by atoms with Crippen LogP contribution >= 0.6 is 0 Å². The fraction of sp³-hybridized carbons (Fsp3) is 0.391. The van der Waals surface area contributed by atoms with E-state index in [1.54, 1.807) is 17.0 Å². The second-order valence-electron chi connectivity index (χ2n) is 8.84. The molecule has 4 rings (SSSR count). The molecule has 152 valence electrons. The second kappa shape index (κ2) is 7.26. The molecule has 1 atom stereocenters. The quantitative estimate of drug-likeness (QED) is 0.773. The van der Waals surface area contributed by atoms with E-state index in [2.05, 4.69) is 43.5 Å². The highest BCUT2D eigenvalue weighted by Crippen LogP contribution is 2.31. The topological polar surface area (TPSA) is 56.7 Å². The Morgan fingerprint density at radius 1 is 1.17 bits per heavy atom. The van der Waals surface area contributed by atoms with Crippen LogP contribution in [0.25, 0.3) is 0 Å². The minimum atomic E-state index is -0.463. The van der Waals surface area contributed by atoms with Crippen LogP contribution in [0.4, 0.5) is 10.1 Å². The third kappa shape index (κ3) is 4.03. The number of amidine groups is 1. The van der Waals surface area contributed by atoms with Gasteiger partial charge in [-0.1, -0.05) is 24.3 Å². The number of nitrogens with zero attached hydrogens (tertiary/aromatic N) is 2. The first-order chi connectivity index (χ1) is 13.8. The van der Waals surface area contributed by atoms with Crippen LogP contribution in [0.3, 0.4) is 0 Å². The van der Waals surface area contributed by atoms with Crippen LogP contribution in [0.2, 0.25) is 0 Å². The molecule has 0 radical (unpaired) electrons. The van der Waals surface area contributed by atoms with E-state index in [1.807, 2.05) is 12.1 Å². The first kappa shape index (κ1) is 19.6. The van der Waals surface area contributed by atoms with Gasteiger partial charge in [-0.05, 0) is 57.0 Å². The van der Waals surface area contributed by atoms with Crippen molar-refractivity contribution in [2.24, 2.45) is 4.99 Å². The van der Waals surface area contributed by atoms with E-state index in [1.165, 1.54) is 17.7 Å². The standard InChI is InChI=1S/C23H27FN4O/c1-22(2,3)27-21-23(25-14-17-7-4-5-10-19(17)26-21)11-12-28(15-23)20(29)16-8-6-9-18(24)13-16/h4-10,13,25H,11-12,14-15H2,1-3H3,(H,26,27)/t23-/m1/s1. The Kier molecular flexibility index (Phi) is 4.90. The third-order valence-electron chi connectivity index (χ3n) is 5.42. The van der Waals surface area contributed by atoms with Crippen LogP contribution in [-0.4, -0.2) is 40.8 Å². The molecule has 0 saturated carbocycles. The number of benzene rings is 2. The number of rotatable bonds is 1. The molecule has 1 saturated heterocycles. The molecule has 1 amide bonds. The molecule has 0 unspecified atom stereocenters. The number of hydrogen-bond donors (Lipinski definition) is 2. The number of halogens is 1. The van der Waals surface area contributed by atoms with Gasteiger partial charge >= 0.3 is 0 Å². The lowest BCUT2D eigenvalue weighted by atomic mass is 9.95. The zero-order valence-corrected chi connectivity index (χ0v) is 17.1. The number of anilines is 1. The summed E-state index contributed by atoms with van der Waals surface area (Å²) in [6.07, 6.45) is 0.740. The molecule has 1 spiro atoms. The lowest BCUT2D eigenvalue weighted by Crippen LogP contribution is -2.56. The highest BCUT2D eigenvalue weighted by Gasteiger charge is 2.46. The Morgan fingerprint density at radius 3 is 2.72 bits per heavy atom. The molecular weight excluding hydrogens is 367 g/mol. The van der Waals surface area contributed by atoms with Crippen molar-refractivity contribution in [3.05, 3.63) is 65.5 Å². The molecule has 2 aromatic rings. The predicted octanol–water partition coefficient (Wildman–Crippen LogP) is 3.82. The largest absolute Gasteiger partial charge is 0.342 e. The summed E-state index contributed by atoms with van der Waals surface area (Å²) >= 11 is 0. The molecule has 2 heterocycles. The molecule has 6 heteroatoms. The first-order valence-corrected chi connectivity index (χ1v) is 10.0. The summed E-state index contributed by atoms with van der Waals surface area (Å²) in [4.78, 5) is 19.8. The van der Waals surface area contributed by atoms with Crippen molar-refractivity contribution in [1.29, 1.82) is 0 Å². The molecular formula is C23H27FN4O. The van der Waals surface area contributed by atoms with Gasteiger partial charge in [0.2, 0.25) is 0 Å². The van der Waals surface area contributed by atoms with E-state index >= 15 is 0 Å². The minimum absolute atomic E-state index is 0.153. The maximum atomic E-state index is 13.6. The molecule has 0 aromatic heterocycles. The molecule has 1 fully saturated rings. The second-order valence-corrected chi connectivity index (χ2v) is 8.84. The molecule has 0 aliphatic carbocycles. The molecule has 5 nitrogen and oxygen atoms in total. The van der Waals surface area contributed by atoms with Crippen molar-refractivity contribution < 1.29 is 9.18 Å². The summed E-state index contributed by atoms with van der Waals surface area (Å²) in [5, 5.41) is 7.22. The van der Waals surface area contributed by atoms with Gasteiger partial charge < -0.3 is 10.2 Å². The van der Waals surface area contributed by atoms with Gasteiger partial charge in [-0.15, -0.1) is 0 Å². The van der Waals surface area contributed by atoms with Gasteiger partial charge in [0.15, 0.2) is 0 Å². The number of fused-ring (bicyclic) bond motifs is 1. The van der Waals surface area contributed by atoms with E-state index in [4.69, 9.17) is 4.99 Å². The van der Waals surface area contributed by atoms with Crippen LogP contribution < -0.4 is 10.6 Å². The van der Waals surface area contributed by atoms with E-state index in [0.29, 0.717) is 25.2 Å². The normalized spacial score (nSPS) is 23.0. The monoisotopic (exact) mass is 394 g/mol. The van der Waals surface area contributed by atoms with Crippen molar-refractivity contribution in [2.45, 2.75) is 44.8 Å². The summed E-state index contributed by atoms with van der Waals surface area (Å²) in [6.45, 7) is 7.96. The van der Waals surface area contributed by atoms with Gasteiger partial charge in [0.25, 0.3) is 5.91 Å². The fourth-order valence-corrected chi connectivity index (χ4v) is 3.99. The van der Waals surface area contributed by atoms with Crippen molar-refractivity contribution in [3.63, 3.8) is 0 Å². The molecule has 29 heavy (non-hydrogen) atoms. The lowest BCUT2D eigenvalue weighted by Gasteiger charge is -2.32. The number of hydrogen-bond acceptors (Lipinski definition) is 3. The highest BCUT2D eigenvalue weighted by atomic mass is 19.1. The summed E-state index contributed by atoms with van der Waals surface area (Å²) in [5.41, 5.74) is 1.85. The number of para-hydroxylation sites is 1. The van der Waals surface area contributed by atoms with Crippen LogP contribution in [0.1, 0.15) is 43.1 Å². The summed E-state index contributed by atoms with van der Waals surface area (Å²) in [7, 11) is 0. The number of likely N-dealkylation sites (tertiary alicyclic amines) is 1. The maximum absolute atomic E-state index is 13.6. The lowest BCUT2D eigenvalue weighted by molar-refractivity contribution is 0.0785. The number of nitrogens with one attached hydrogen (secondary N) is 2. The third-order valence-corrected chi connectivity index (χ3v) is 5.42. The van der Waals surface area contributed by atoms with E-state index in [0.717, 1.165) is 17.9 Å². The Morgan fingerprint density at radius 2 is 1.97 bits per heavy atom. The van der Waals surface area contributed by atoms with E-state index in [-0.39, 0.29) is 11.4 Å². The van der Waals surface area contributed by atoms with Crippen molar-refractivity contribution in [3.8, 4) is 0 Å². The Hall–Kier alpha value is -2.73. The molecule has 0 bridgehead atoms. The molecule has 2 N–H and O–H groups in total. The highest BCUT2D eigenvalue weighted by molar-refractivity contribution is 6.05. The Bertz CT molecular complexity index is 965. The van der Waals surface area contributed by atoms with Crippen molar-refractivity contribution in [1.82, 2.24) is 10.2 Å². The predicted molar refractivity (Wildman–Crippen MR) is 114 cm³/mol. The fourth-order valence-electron chi connectivity index (χ4n) is 3.99. The van der Waals surface area contributed by atoms with Crippen LogP contribution in [0, 0.1) is 5.82 Å². The van der Waals surface area contributed by atoms with Gasteiger partial charge in [0.05, 0.1) is 11.1 Å². The van der Waals surface area contributed by atoms with Crippen LogP contribution in [-0.2, 0) is 6.54 Å². The van der Waals surface area contributed by atoms with E-state index in [9.17, 15) is 9.18 Å². The number of carbonyl (C=O) groups excluding carboxylic acids is 1. The average Bonchev–Trinajstić information content (AvgIpc) is 3.04. The van der Waals surface area contributed by atoms with Gasteiger partial charge in [-0.2, -0.15) is 0 Å². The van der Waals surface area contributed by atoms with E-state index < -0.39 is 11.4 Å². The molecule has 2 aliphatic heterocycles. The summed E-state index contributed by atoms with van der Waals surface area (Å²) < 4.78 is 13.6. The Labute approximate surface area is 171 Å². The zero-order valence-electron chi connectivity index (χ0n) is 17.1. The first-order valence-electron chi connectivity index (χ1n) is 10.0. The summed E-state index contributed by atoms with van der Waals surface area (Å²) in [5.74, 6) is 0.300. The summed E-state index contributed by atoms with van der Waals surface area (Å²) in [6, 6.07) is 14.1. The number of aliphatic imine (C=N–C) groups is 1. The van der Waals surface area contributed by atoms with Gasteiger partial charge in [0, 0.05) is 30.9 Å². The number of carbonyl (C=O) groups is 1. The SMILES string of the molecule is CC(C)(C)N=C1Nc2ccccc2CN[C@@]12CCN(C(=O)c1cccc(F)c1)C2. The minimum Gasteiger partial charge on any atom is -0.342 e. The maximum Gasteiger partial charge on any atom is 0.254 e. The average molecular weight is 394 g/mol. The molecule has 2 aromatic carbocycles. The van der Waals surface area contributed by atoms with Gasteiger partial charge in [0.1, 0.15) is 11.7 Å². The van der Waals surface area contributed by atoms with Crippen LogP contribution in [0.5, 0.6) is 0 Å². The van der Waals surface area contributed by atoms with Gasteiger partial charge in [-0.3, -0.25) is 15.1 Å². The van der Waals surface area contributed by atoms with Crippen molar-refractivity contribution in [2.75, 3.05) is 18.4 Å². The molecule has 2 aliphatic rings. The van der Waals surface area contributed by atoms with Gasteiger partial charge in [-0.25, -0.2) is 4.39 Å². The van der Waals surface area contributed by atoms with Crippen LogP contribution in [0.15, 0.2) is 53.5 Å². The Balaban J connectivity index is 1.66. The smallest absolute Gasteiger partial charge is 0.254 e. The number of amides is 1.